The van der Waals surface area contributed by atoms with E-state index in [1.54, 1.807) is 12.4 Å². The first-order valence-corrected chi connectivity index (χ1v) is 14.1. The van der Waals surface area contributed by atoms with Crippen molar-refractivity contribution >= 4 is 73.4 Å². The Morgan fingerprint density at radius 2 is 1.26 bits per heavy atom. The van der Waals surface area contributed by atoms with Crippen LogP contribution in [-0.4, -0.2) is 33.6 Å². The summed E-state index contributed by atoms with van der Waals surface area (Å²) in [6.45, 7) is 0. The molecule has 6 nitrogen and oxygen atoms in total. The fourth-order valence-corrected chi connectivity index (χ4v) is 6.49. The van der Waals surface area contributed by atoms with Crippen molar-refractivity contribution in [2.24, 2.45) is 15.0 Å². The van der Waals surface area contributed by atoms with Gasteiger partial charge in [0.1, 0.15) is 11.5 Å². The molecule has 5 aromatic carbocycles. The van der Waals surface area contributed by atoms with E-state index >= 15 is 0 Å². The van der Waals surface area contributed by atoms with Crippen molar-refractivity contribution in [3.63, 3.8) is 0 Å². The van der Waals surface area contributed by atoms with Crippen LogP contribution in [0.1, 0.15) is 5.56 Å². The van der Waals surface area contributed by atoms with E-state index in [0.717, 1.165) is 33.8 Å². The molecule has 0 spiro atoms. The van der Waals surface area contributed by atoms with Gasteiger partial charge in [0.15, 0.2) is 12.0 Å². The lowest BCUT2D eigenvalue weighted by Crippen LogP contribution is -2.39. The summed E-state index contributed by atoms with van der Waals surface area (Å²) in [5, 5.41) is 8.55. The molecule has 2 aliphatic rings. The minimum absolute atomic E-state index is 0.354. The van der Waals surface area contributed by atoms with Gasteiger partial charge in [-0.1, -0.05) is 91.0 Å². The Morgan fingerprint density at radius 1 is 0.571 bits per heavy atom. The van der Waals surface area contributed by atoms with Gasteiger partial charge in [0.05, 0.1) is 22.1 Å². The first-order chi connectivity index (χ1) is 20.9. The fraction of sp³-hybridized carbons (Fsp3) is 0.0278. The van der Waals surface area contributed by atoms with E-state index in [2.05, 4.69) is 128 Å². The maximum atomic E-state index is 5.08. The molecule has 0 radical (unpaired) electrons. The largest absolute Gasteiger partial charge is 0.342 e. The number of benzene rings is 5. The quantitative estimate of drug-likeness (QED) is 0.246. The van der Waals surface area contributed by atoms with Crippen molar-refractivity contribution in [2.75, 3.05) is 0 Å². The lowest BCUT2D eigenvalue weighted by Gasteiger charge is -2.27. The lowest BCUT2D eigenvalue weighted by molar-refractivity contribution is 0.748. The smallest absolute Gasteiger partial charge is 0.180 e. The monoisotopic (exact) mass is 540 g/mol. The lowest BCUT2D eigenvalue weighted by atomic mass is 10.1. The zero-order valence-electron chi connectivity index (χ0n) is 22.5. The van der Waals surface area contributed by atoms with E-state index in [1.165, 1.54) is 32.6 Å². The Kier molecular flexibility index (Phi) is 4.86. The molecule has 1 unspecified atom stereocenters. The molecule has 0 saturated heterocycles. The van der Waals surface area contributed by atoms with E-state index in [4.69, 9.17) is 4.99 Å². The van der Waals surface area contributed by atoms with Gasteiger partial charge in [-0.2, -0.15) is 0 Å². The van der Waals surface area contributed by atoms with Gasteiger partial charge < -0.3 is 9.88 Å². The van der Waals surface area contributed by atoms with Crippen molar-refractivity contribution < 1.29 is 0 Å². The van der Waals surface area contributed by atoms with Gasteiger partial charge in [0.25, 0.3) is 0 Å². The van der Waals surface area contributed by atoms with Gasteiger partial charge in [0.2, 0.25) is 0 Å². The third-order valence-electron chi connectivity index (χ3n) is 8.23. The number of aliphatic imine (C=N–C) groups is 3. The van der Waals surface area contributed by atoms with Crippen LogP contribution in [0.2, 0.25) is 0 Å². The Bertz CT molecular complexity index is 2320. The number of hydrogen-bond donors (Lipinski definition) is 1. The minimum atomic E-state index is -0.354. The molecule has 0 aliphatic carbocycles. The zero-order valence-corrected chi connectivity index (χ0v) is 22.5. The number of nitrogens with one attached hydrogen (secondary N) is 1. The first-order valence-electron chi connectivity index (χ1n) is 14.1. The molecular weight excluding hydrogens is 516 g/mol. The summed E-state index contributed by atoms with van der Waals surface area (Å²) in [5.41, 5.74) is 7.56. The molecule has 0 amide bonds. The highest BCUT2D eigenvalue weighted by atomic mass is 15.3. The molecule has 1 N–H and O–H groups in total. The molecule has 7 aromatic rings. The SMILES string of the molecule is C1=NC2=NC(c3ccccc3)=C(n3c4ccccc4c4c3ccc3c5ccccc5n(-c5ccccc5)c34)NC2N=C1. The number of nitrogens with zero attached hydrogens (tertiary/aromatic N) is 5. The van der Waals surface area contributed by atoms with Crippen molar-refractivity contribution in [1.82, 2.24) is 14.5 Å². The van der Waals surface area contributed by atoms with Crippen LogP contribution in [0.25, 0.3) is 60.8 Å². The van der Waals surface area contributed by atoms with Crippen LogP contribution in [0.5, 0.6) is 0 Å². The van der Waals surface area contributed by atoms with Crippen molar-refractivity contribution in [3.8, 4) is 5.69 Å². The molecule has 0 fully saturated rings. The van der Waals surface area contributed by atoms with Crippen LogP contribution in [0.4, 0.5) is 0 Å². The second-order valence-electron chi connectivity index (χ2n) is 10.6. The van der Waals surface area contributed by atoms with Crippen LogP contribution < -0.4 is 5.32 Å². The third-order valence-corrected chi connectivity index (χ3v) is 8.23. The molecule has 4 heterocycles. The molecule has 42 heavy (non-hydrogen) atoms. The number of rotatable bonds is 3. The highest BCUT2D eigenvalue weighted by Gasteiger charge is 2.29. The van der Waals surface area contributed by atoms with E-state index in [9.17, 15) is 0 Å². The minimum Gasteiger partial charge on any atom is -0.342 e. The summed E-state index contributed by atoms with van der Waals surface area (Å²) >= 11 is 0. The normalized spacial score (nSPS) is 16.4. The molecule has 198 valence electrons. The van der Waals surface area contributed by atoms with Crippen molar-refractivity contribution in [1.29, 1.82) is 0 Å². The summed E-state index contributed by atoms with van der Waals surface area (Å²) in [6, 6.07) is 42.8. The Labute approximate surface area is 241 Å². The third kappa shape index (κ3) is 3.23. The van der Waals surface area contributed by atoms with Crippen LogP contribution in [0, 0.1) is 0 Å². The number of aromatic nitrogens is 2. The van der Waals surface area contributed by atoms with E-state index in [-0.39, 0.29) is 6.17 Å². The molecule has 9 rings (SSSR count). The van der Waals surface area contributed by atoms with Gasteiger partial charge in [-0.3, -0.25) is 9.56 Å². The van der Waals surface area contributed by atoms with Gasteiger partial charge >= 0.3 is 0 Å². The summed E-state index contributed by atoms with van der Waals surface area (Å²) in [5.74, 6) is 1.55. The predicted octanol–water partition coefficient (Wildman–Crippen LogP) is 7.66. The summed E-state index contributed by atoms with van der Waals surface area (Å²) in [7, 11) is 0. The average Bonchev–Trinajstić information content (AvgIpc) is 3.58. The molecule has 6 heteroatoms. The van der Waals surface area contributed by atoms with Crippen LogP contribution in [-0.2, 0) is 0 Å². The van der Waals surface area contributed by atoms with Crippen LogP contribution in [0.15, 0.2) is 136 Å². The van der Waals surface area contributed by atoms with Crippen LogP contribution >= 0.6 is 0 Å². The van der Waals surface area contributed by atoms with E-state index in [1.807, 2.05) is 18.2 Å². The van der Waals surface area contributed by atoms with Gasteiger partial charge in [0, 0.05) is 45.2 Å². The van der Waals surface area contributed by atoms with E-state index < -0.39 is 0 Å². The van der Waals surface area contributed by atoms with E-state index in [0.29, 0.717) is 5.84 Å². The molecule has 1 atom stereocenters. The molecular formula is C36H24N6. The summed E-state index contributed by atoms with van der Waals surface area (Å²) in [4.78, 5) is 14.3. The Balaban J connectivity index is 1.46. The van der Waals surface area contributed by atoms with Crippen molar-refractivity contribution in [3.05, 3.63) is 127 Å². The van der Waals surface area contributed by atoms with Gasteiger partial charge in [-0.15, -0.1) is 0 Å². The average molecular weight is 541 g/mol. The standard InChI is InChI=1S/C36H24N6/c1-3-11-23(12-4-1)32-36(40-35-34(39-32)37-21-22-38-35)42-29-18-10-8-16-27(29)31-30(42)20-19-26-25-15-7-9-17-28(25)41(33(26)31)24-13-5-2-6-14-24/h1-22,35,40H. The number of para-hydroxylation sites is 3. The highest BCUT2D eigenvalue weighted by molar-refractivity contribution is 6.27. The first kappa shape index (κ1) is 23.0. The highest BCUT2D eigenvalue weighted by Crippen LogP contribution is 2.42. The maximum absolute atomic E-state index is 5.08. The second-order valence-corrected chi connectivity index (χ2v) is 10.6. The number of hydrogen-bond acceptors (Lipinski definition) is 4. The number of fused-ring (bicyclic) bond motifs is 8. The van der Waals surface area contributed by atoms with Gasteiger partial charge in [-0.25, -0.2) is 9.98 Å². The molecule has 2 aromatic heterocycles. The Hall–Kier alpha value is -5.75. The molecule has 2 aliphatic heterocycles. The summed E-state index contributed by atoms with van der Waals surface area (Å²) in [6.07, 6.45) is 3.08. The van der Waals surface area contributed by atoms with Crippen molar-refractivity contribution in [2.45, 2.75) is 6.17 Å². The van der Waals surface area contributed by atoms with Gasteiger partial charge in [-0.05, 0) is 30.3 Å². The number of amidine groups is 1. The zero-order chi connectivity index (χ0) is 27.6. The fourth-order valence-electron chi connectivity index (χ4n) is 6.49. The summed E-state index contributed by atoms with van der Waals surface area (Å²) < 4.78 is 4.72. The molecule has 0 saturated carbocycles. The Morgan fingerprint density at radius 3 is 2.07 bits per heavy atom. The second kappa shape index (κ2) is 8.88. The predicted molar refractivity (Wildman–Crippen MR) is 175 cm³/mol. The molecule has 0 bridgehead atoms. The van der Waals surface area contributed by atoms with Crippen LogP contribution in [0.3, 0.4) is 0 Å². The maximum Gasteiger partial charge on any atom is 0.180 e. The topological polar surface area (TPSA) is 59.0 Å².